The minimum atomic E-state index is -0.759. The van der Waals surface area contributed by atoms with E-state index in [4.69, 9.17) is 11.6 Å². The summed E-state index contributed by atoms with van der Waals surface area (Å²) in [4.78, 5) is 1.97. The molecule has 0 aliphatic heterocycles. The van der Waals surface area contributed by atoms with E-state index >= 15 is 0 Å². The van der Waals surface area contributed by atoms with E-state index in [1.54, 1.807) is 4.68 Å². The van der Waals surface area contributed by atoms with Crippen LogP contribution in [0.15, 0.2) is 0 Å². The number of aliphatic hydroxyl groups is 1. The predicted octanol–water partition coefficient (Wildman–Crippen LogP) is 1.04. The molecule has 19 heavy (non-hydrogen) atoms. The third-order valence-corrected chi connectivity index (χ3v) is 3.42. The van der Waals surface area contributed by atoms with Gasteiger partial charge in [-0.25, -0.2) is 0 Å². The van der Waals surface area contributed by atoms with Gasteiger partial charge in [0, 0.05) is 32.2 Å². The fourth-order valence-corrected chi connectivity index (χ4v) is 2.47. The van der Waals surface area contributed by atoms with Crippen LogP contribution in [-0.2, 0) is 20.0 Å². The molecule has 5 nitrogen and oxygen atoms in total. The number of aryl methyl sites for hydroxylation is 2. The standard InChI is InChI=1S/C13H25ClN4O/c1-6-11-10(12(14)18(5)16-11)7-15-8-13(2,19)9-17(3)4/h15,19H,6-9H2,1-5H3. The van der Waals surface area contributed by atoms with Crippen LogP contribution in [0.2, 0.25) is 5.15 Å². The number of hydrogen-bond donors (Lipinski definition) is 2. The van der Waals surface area contributed by atoms with Crippen molar-refractivity contribution in [3.63, 3.8) is 0 Å². The van der Waals surface area contributed by atoms with Crippen molar-refractivity contribution in [2.45, 2.75) is 32.4 Å². The molecule has 2 N–H and O–H groups in total. The Kier molecular flexibility index (Phi) is 5.80. The Bertz CT molecular complexity index is 415. The molecule has 0 aliphatic carbocycles. The molecule has 1 unspecified atom stereocenters. The lowest BCUT2D eigenvalue weighted by molar-refractivity contribution is 0.0336. The van der Waals surface area contributed by atoms with E-state index in [1.807, 2.05) is 33.0 Å². The van der Waals surface area contributed by atoms with Crippen LogP contribution in [0.3, 0.4) is 0 Å². The van der Waals surface area contributed by atoms with Gasteiger partial charge in [-0.1, -0.05) is 18.5 Å². The van der Waals surface area contributed by atoms with E-state index in [0.717, 1.165) is 17.7 Å². The van der Waals surface area contributed by atoms with Gasteiger partial charge >= 0.3 is 0 Å². The van der Waals surface area contributed by atoms with Crippen LogP contribution in [0.4, 0.5) is 0 Å². The van der Waals surface area contributed by atoms with Crippen LogP contribution < -0.4 is 5.32 Å². The maximum atomic E-state index is 10.2. The van der Waals surface area contributed by atoms with Crippen molar-refractivity contribution in [2.24, 2.45) is 7.05 Å². The molecule has 0 spiro atoms. The molecular weight excluding hydrogens is 264 g/mol. The van der Waals surface area contributed by atoms with Crippen molar-refractivity contribution in [1.82, 2.24) is 20.0 Å². The summed E-state index contributed by atoms with van der Waals surface area (Å²) in [6.07, 6.45) is 0.853. The number of aromatic nitrogens is 2. The van der Waals surface area contributed by atoms with Gasteiger partial charge in [0.05, 0.1) is 11.3 Å². The van der Waals surface area contributed by atoms with Crippen LogP contribution in [0, 0.1) is 0 Å². The number of halogens is 1. The lowest BCUT2D eigenvalue weighted by Crippen LogP contribution is -2.45. The largest absolute Gasteiger partial charge is 0.388 e. The average Bonchev–Trinajstić information content (AvgIpc) is 2.54. The molecule has 0 fully saturated rings. The second kappa shape index (κ2) is 6.70. The summed E-state index contributed by atoms with van der Waals surface area (Å²) < 4.78 is 1.69. The second-order valence-electron chi connectivity index (χ2n) is 5.53. The van der Waals surface area contributed by atoms with Gasteiger partial charge in [0.25, 0.3) is 0 Å². The van der Waals surface area contributed by atoms with Crippen molar-refractivity contribution in [3.05, 3.63) is 16.4 Å². The number of nitrogens with one attached hydrogen (secondary N) is 1. The maximum absolute atomic E-state index is 10.2. The molecule has 1 aromatic rings. The van der Waals surface area contributed by atoms with Crippen molar-refractivity contribution >= 4 is 11.6 Å². The zero-order chi connectivity index (χ0) is 14.6. The molecule has 0 aromatic carbocycles. The Balaban J connectivity index is 2.58. The Morgan fingerprint density at radius 1 is 1.47 bits per heavy atom. The van der Waals surface area contributed by atoms with Gasteiger partial charge in [-0.3, -0.25) is 4.68 Å². The van der Waals surface area contributed by atoms with E-state index < -0.39 is 5.60 Å². The van der Waals surface area contributed by atoms with Crippen molar-refractivity contribution in [2.75, 3.05) is 27.2 Å². The van der Waals surface area contributed by atoms with Gasteiger partial charge in [-0.05, 0) is 27.4 Å². The van der Waals surface area contributed by atoms with E-state index in [0.29, 0.717) is 24.8 Å². The zero-order valence-corrected chi connectivity index (χ0v) is 13.3. The highest BCUT2D eigenvalue weighted by atomic mass is 35.5. The lowest BCUT2D eigenvalue weighted by atomic mass is 10.1. The third-order valence-electron chi connectivity index (χ3n) is 2.95. The molecule has 1 heterocycles. The van der Waals surface area contributed by atoms with Crippen molar-refractivity contribution < 1.29 is 5.11 Å². The normalized spacial score (nSPS) is 14.9. The summed E-state index contributed by atoms with van der Waals surface area (Å²) in [5, 5.41) is 18.5. The number of hydrogen-bond acceptors (Lipinski definition) is 4. The molecule has 1 atom stereocenters. The highest BCUT2D eigenvalue weighted by molar-refractivity contribution is 6.30. The average molecular weight is 289 g/mol. The minimum Gasteiger partial charge on any atom is -0.388 e. The molecule has 0 bridgehead atoms. The van der Waals surface area contributed by atoms with E-state index in [1.165, 1.54) is 0 Å². The highest BCUT2D eigenvalue weighted by Crippen LogP contribution is 2.19. The molecule has 0 aliphatic rings. The monoisotopic (exact) mass is 288 g/mol. The third kappa shape index (κ3) is 4.76. The van der Waals surface area contributed by atoms with Gasteiger partial charge in [0.1, 0.15) is 5.15 Å². The fraction of sp³-hybridized carbons (Fsp3) is 0.769. The SMILES string of the molecule is CCc1nn(C)c(Cl)c1CNCC(C)(O)CN(C)C. The summed E-state index contributed by atoms with van der Waals surface area (Å²) in [7, 11) is 5.73. The molecule has 1 rings (SSSR count). The van der Waals surface area contributed by atoms with E-state index in [2.05, 4.69) is 17.3 Å². The predicted molar refractivity (Wildman–Crippen MR) is 78.5 cm³/mol. The number of nitrogens with zero attached hydrogens (tertiary/aromatic N) is 3. The smallest absolute Gasteiger partial charge is 0.131 e. The summed E-state index contributed by atoms with van der Waals surface area (Å²) in [6.45, 7) is 5.64. The number of likely N-dealkylation sites (N-methyl/N-ethyl adjacent to an activating group) is 1. The van der Waals surface area contributed by atoms with Gasteiger partial charge in [-0.2, -0.15) is 5.10 Å². The zero-order valence-electron chi connectivity index (χ0n) is 12.5. The van der Waals surface area contributed by atoms with Crippen LogP contribution in [-0.4, -0.2) is 52.6 Å². The fourth-order valence-electron chi connectivity index (χ4n) is 2.25. The molecule has 0 radical (unpaired) electrons. The van der Waals surface area contributed by atoms with Gasteiger partial charge in [-0.15, -0.1) is 0 Å². The quantitative estimate of drug-likeness (QED) is 0.787. The van der Waals surface area contributed by atoms with Crippen molar-refractivity contribution in [1.29, 1.82) is 0 Å². The van der Waals surface area contributed by atoms with E-state index in [-0.39, 0.29) is 0 Å². The lowest BCUT2D eigenvalue weighted by Gasteiger charge is -2.27. The minimum absolute atomic E-state index is 0.513. The first kappa shape index (κ1) is 16.4. The van der Waals surface area contributed by atoms with E-state index in [9.17, 15) is 5.11 Å². The molecule has 6 heteroatoms. The summed E-state index contributed by atoms with van der Waals surface area (Å²) in [5.74, 6) is 0. The Morgan fingerprint density at radius 2 is 2.11 bits per heavy atom. The topological polar surface area (TPSA) is 53.3 Å². The van der Waals surface area contributed by atoms with Gasteiger partial charge in [0.2, 0.25) is 0 Å². The molecular formula is C13H25ClN4O. The molecule has 110 valence electrons. The highest BCUT2D eigenvalue weighted by Gasteiger charge is 2.21. The van der Waals surface area contributed by atoms with Crippen LogP contribution >= 0.6 is 11.6 Å². The summed E-state index contributed by atoms with van der Waals surface area (Å²) in [6, 6.07) is 0. The van der Waals surface area contributed by atoms with Gasteiger partial charge < -0.3 is 15.3 Å². The van der Waals surface area contributed by atoms with Crippen LogP contribution in [0.25, 0.3) is 0 Å². The van der Waals surface area contributed by atoms with Crippen LogP contribution in [0.1, 0.15) is 25.1 Å². The molecule has 0 saturated heterocycles. The maximum Gasteiger partial charge on any atom is 0.131 e. The summed E-state index contributed by atoms with van der Waals surface area (Å²) in [5.41, 5.74) is 1.27. The van der Waals surface area contributed by atoms with Gasteiger partial charge in [0.15, 0.2) is 0 Å². The Hall–Kier alpha value is -0.620. The first-order valence-electron chi connectivity index (χ1n) is 6.55. The first-order chi connectivity index (χ1) is 8.76. The molecule has 1 aromatic heterocycles. The second-order valence-corrected chi connectivity index (χ2v) is 5.89. The molecule has 0 saturated carbocycles. The van der Waals surface area contributed by atoms with Crippen LogP contribution in [0.5, 0.6) is 0 Å². The molecule has 0 amide bonds. The Labute approximate surface area is 120 Å². The Morgan fingerprint density at radius 3 is 2.63 bits per heavy atom. The number of rotatable bonds is 7. The summed E-state index contributed by atoms with van der Waals surface area (Å²) >= 11 is 6.22. The van der Waals surface area contributed by atoms with Crippen molar-refractivity contribution in [3.8, 4) is 0 Å². The first-order valence-corrected chi connectivity index (χ1v) is 6.92.